The highest BCUT2D eigenvalue weighted by Gasteiger charge is 2.22. The highest BCUT2D eigenvalue weighted by molar-refractivity contribution is 5.72. The van der Waals surface area contributed by atoms with Crippen LogP contribution < -0.4 is 20.1 Å². The summed E-state index contributed by atoms with van der Waals surface area (Å²) in [4.78, 5) is 10.7. The Hall–Kier alpha value is -1.75. The molecule has 1 aliphatic heterocycles. The fraction of sp³-hybridized carbons (Fsp3) is 0.588. The summed E-state index contributed by atoms with van der Waals surface area (Å²) in [6.45, 7) is 4.79. The average molecular weight is 306 g/mol. The lowest BCUT2D eigenvalue weighted by Crippen LogP contribution is -2.31. The third kappa shape index (κ3) is 4.91. The molecule has 5 heteroatoms. The van der Waals surface area contributed by atoms with E-state index in [4.69, 9.17) is 9.47 Å². The van der Waals surface area contributed by atoms with Gasteiger partial charge in [-0.05, 0) is 43.9 Å². The zero-order valence-corrected chi connectivity index (χ0v) is 13.5. The Morgan fingerprint density at radius 1 is 1.36 bits per heavy atom. The molecule has 1 aromatic carbocycles. The molecule has 22 heavy (non-hydrogen) atoms. The molecule has 1 aliphatic rings. The minimum atomic E-state index is 0.0220. The van der Waals surface area contributed by atoms with Crippen LogP contribution in [0.5, 0.6) is 11.5 Å². The van der Waals surface area contributed by atoms with Crippen LogP contribution in [0, 0.1) is 5.92 Å². The van der Waals surface area contributed by atoms with Crippen molar-refractivity contribution in [1.29, 1.82) is 0 Å². The molecule has 0 spiro atoms. The first-order valence-electron chi connectivity index (χ1n) is 7.94. The third-order valence-corrected chi connectivity index (χ3v) is 3.92. The summed E-state index contributed by atoms with van der Waals surface area (Å²) in [5, 5.41) is 6.12. The molecular weight excluding hydrogens is 280 g/mol. The van der Waals surface area contributed by atoms with Crippen LogP contribution in [0.1, 0.15) is 25.3 Å². The summed E-state index contributed by atoms with van der Waals surface area (Å²) >= 11 is 0. The van der Waals surface area contributed by atoms with E-state index < -0.39 is 0 Å². The van der Waals surface area contributed by atoms with Crippen molar-refractivity contribution in [2.45, 2.75) is 26.2 Å². The number of nitrogens with one attached hydrogen (secondary N) is 2. The molecule has 0 bridgehead atoms. The molecule has 1 aromatic rings. The first-order chi connectivity index (χ1) is 10.7. The quantitative estimate of drug-likeness (QED) is 0.719. The number of carbonyl (C=O) groups excluding carboxylic acids is 1. The molecule has 0 radical (unpaired) electrons. The summed E-state index contributed by atoms with van der Waals surface area (Å²) in [5.74, 6) is 2.45. The van der Waals surface area contributed by atoms with E-state index in [1.165, 1.54) is 12.5 Å². The van der Waals surface area contributed by atoms with Gasteiger partial charge in [0.25, 0.3) is 0 Å². The van der Waals surface area contributed by atoms with Crippen molar-refractivity contribution < 1.29 is 14.3 Å². The lowest BCUT2D eigenvalue weighted by Gasteiger charge is -2.26. The fourth-order valence-corrected chi connectivity index (χ4v) is 2.78. The van der Waals surface area contributed by atoms with Gasteiger partial charge in [0.2, 0.25) is 5.91 Å². The maximum absolute atomic E-state index is 10.7. The molecule has 1 unspecified atom stereocenters. The van der Waals surface area contributed by atoms with E-state index in [0.717, 1.165) is 50.5 Å². The summed E-state index contributed by atoms with van der Waals surface area (Å²) in [5.41, 5.74) is 1.19. The van der Waals surface area contributed by atoms with Crippen molar-refractivity contribution >= 4 is 5.91 Å². The van der Waals surface area contributed by atoms with Crippen LogP contribution >= 0.6 is 0 Å². The van der Waals surface area contributed by atoms with Crippen LogP contribution in [0.4, 0.5) is 0 Å². The van der Waals surface area contributed by atoms with E-state index in [-0.39, 0.29) is 5.91 Å². The number of fused-ring (bicyclic) bond motifs is 1. The third-order valence-electron chi connectivity index (χ3n) is 3.92. The van der Waals surface area contributed by atoms with Gasteiger partial charge >= 0.3 is 0 Å². The van der Waals surface area contributed by atoms with Crippen molar-refractivity contribution in [3.8, 4) is 11.5 Å². The molecule has 1 amide bonds. The van der Waals surface area contributed by atoms with Crippen LogP contribution in [0.15, 0.2) is 18.2 Å². The molecule has 2 rings (SSSR count). The molecular formula is C17H26N2O3. The maximum Gasteiger partial charge on any atom is 0.216 e. The van der Waals surface area contributed by atoms with E-state index in [9.17, 15) is 4.79 Å². The molecule has 1 heterocycles. The number of methoxy groups -OCH3 is 1. The predicted octanol–water partition coefficient (Wildman–Crippen LogP) is 1.75. The monoisotopic (exact) mass is 306 g/mol. The molecule has 0 fully saturated rings. The van der Waals surface area contributed by atoms with Crippen LogP contribution in [0.2, 0.25) is 0 Å². The van der Waals surface area contributed by atoms with Crippen molar-refractivity contribution in [1.82, 2.24) is 10.6 Å². The lowest BCUT2D eigenvalue weighted by molar-refractivity contribution is -0.118. The van der Waals surface area contributed by atoms with Crippen molar-refractivity contribution in [2.24, 2.45) is 5.92 Å². The van der Waals surface area contributed by atoms with Gasteiger partial charge in [0.1, 0.15) is 11.5 Å². The number of ether oxygens (including phenoxy) is 2. The van der Waals surface area contributed by atoms with Gasteiger partial charge in [-0.3, -0.25) is 4.79 Å². The summed E-state index contributed by atoms with van der Waals surface area (Å²) < 4.78 is 11.3. The highest BCUT2D eigenvalue weighted by Crippen LogP contribution is 2.35. The molecule has 2 N–H and O–H groups in total. The summed E-state index contributed by atoms with van der Waals surface area (Å²) in [6.07, 6.45) is 3.26. The summed E-state index contributed by atoms with van der Waals surface area (Å²) in [7, 11) is 1.71. The van der Waals surface area contributed by atoms with Crippen molar-refractivity contribution in [3.05, 3.63) is 23.8 Å². The van der Waals surface area contributed by atoms with E-state index in [2.05, 4.69) is 10.6 Å². The first-order valence-corrected chi connectivity index (χ1v) is 7.94. The number of amides is 1. The lowest BCUT2D eigenvalue weighted by atomic mass is 9.92. The Labute approximate surface area is 132 Å². The Morgan fingerprint density at radius 2 is 2.23 bits per heavy atom. The minimum Gasteiger partial charge on any atom is -0.496 e. The van der Waals surface area contributed by atoms with Crippen molar-refractivity contribution in [3.63, 3.8) is 0 Å². The van der Waals surface area contributed by atoms with Gasteiger partial charge in [-0.25, -0.2) is 0 Å². The van der Waals surface area contributed by atoms with Crippen LogP contribution in [0.3, 0.4) is 0 Å². The second-order valence-electron chi connectivity index (χ2n) is 5.69. The number of hydrogen-bond donors (Lipinski definition) is 2. The first kappa shape index (κ1) is 16.6. The molecule has 0 saturated heterocycles. The van der Waals surface area contributed by atoms with Crippen molar-refractivity contribution in [2.75, 3.05) is 33.4 Å². The van der Waals surface area contributed by atoms with E-state index in [1.807, 2.05) is 18.2 Å². The molecule has 122 valence electrons. The van der Waals surface area contributed by atoms with E-state index in [1.54, 1.807) is 7.11 Å². The average Bonchev–Trinajstić information content (AvgIpc) is 2.53. The number of rotatable bonds is 8. The van der Waals surface area contributed by atoms with Gasteiger partial charge in [-0.2, -0.15) is 0 Å². The fourth-order valence-electron chi connectivity index (χ4n) is 2.78. The molecule has 1 atom stereocenters. The van der Waals surface area contributed by atoms with Gasteiger partial charge in [-0.1, -0.05) is 6.07 Å². The topological polar surface area (TPSA) is 59.6 Å². The van der Waals surface area contributed by atoms with Crippen LogP contribution in [-0.2, 0) is 11.2 Å². The molecule has 5 nitrogen and oxygen atoms in total. The van der Waals surface area contributed by atoms with Gasteiger partial charge in [0.05, 0.1) is 13.7 Å². The van der Waals surface area contributed by atoms with Gasteiger partial charge in [-0.15, -0.1) is 0 Å². The highest BCUT2D eigenvalue weighted by atomic mass is 16.5. The minimum absolute atomic E-state index is 0.0220. The number of benzene rings is 1. The smallest absolute Gasteiger partial charge is 0.216 e. The van der Waals surface area contributed by atoms with E-state index >= 15 is 0 Å². The molecule has 0 aromatic heterocycles. The molecule has 0 aliphatic carbocycles. The Balaban J connectivity index is 1.67. The zero-order chi connectivity index (χ0) is 15.8. The van der Waals surface area contributed by atoms with Crippen LogP contribution in [0.25, 0.3) is 0 Å². The summed E-state index contributed by atoms with van der Waals surface area (Å²) in [6, 6.07) is 5.97. The Bertz CT molecular complexity index is 477. The normalized spacial score (nSPS) is 16.5. The van der Waals surface area contributed by atoms with Gasteiger partial charge < -0.3 is 20.1 Å². The SMILES string of the molecule is COc1cccc2c1CC(CCCNCCNC(C)=O)CO2. The molecule has 0 saturated carbocycles. The van der Waals surface area contributed by atoms with E-state index in [0.29, 0.717) is 12.5 Å². The Morgan fingerprint density at radius 3 is 3.00 bits per heavy atom. The standard InChI is InChI=1S/C17H26N2O3/c1-13(20)19-10-9-18-8-4-5-14-11-15-16(21-2)6-3-7-17(15)22-12-14/h3,6-7,14,18H,4-5,8-12H2,1-2H3,(H,19,20). The largest absolute Gasteiger partial charge is 0.496 e. The number of carbonyl (C=O) groups is 1. The van der Waals surface area contributed by atoms with Gasteiger partial charge in [0.15, 0.2) is 0 Å². The second kappa shape index (κ2) is 8.63. The predicted molar refractivity (Wildman–Crippen MR) is 86.5 cm³/mol. The maximum atomic E-state index is 10.7. The van der Waals surface area contributed by atoms with Gasteiger partial charge in [0, 0.05) is 25.6 Å². The number of hydrogen-bond acceptors (Lipinski definition) is 4. The second-order valence-corrected chi connectivity index (χ2v) is 5.69. The Kier molecular flexibility index (Phi) is 6.52. The zero-order valence-electron chi connectivity index (χ0n) is 13.5. The van der Waals surface area contributed by atoms with Crippen LogP contribution in [-0.4, -0.2) is 39.3 Å².